The quantitative estimate of drug-likeness (QED) is 0.510. The fourth-order valence-electron chi connectivity index (χ4n) is 5.11. The van der Waals surface area contributed by atoms with Gasteiger partial charge in [-0.15, -0.1) is 0 Å². The van der Waals surface area contributed by atoms with E-state index in [1.165, 1.54) is 12.8 Å². The summed E-state index contributed by atoms with van der Waals surface area (Å²) in [7, 11) is 1.73. The number of nitrogens with zero attached hydrogens (tertiary/aromatic N) is 5. The minimum Gasteiger partial charge on any atom is -0.349 e. The maximum absolute atomic E-state index is 13.0. The van der Waals surface area contributed by atoms with Crippen molar-refractivity contribution in [2.45, 2.75) is 44.3 Å². The third-order valence-corrected chi connectivity index (χ3v) is 7.09. The van der Waals surface area contributed by atoms with Crippen molar-refractivity contribution in [1.82, 2.24) is 34.6 Å². The van der Waals surface area contributed by atoms with Crippen LogP contribution in [0.15, 0.2) is 24.4 Å². The number of pyridine rings is 1. The van der Waals surface area contributed by atoms with Crippen molar-refractivity contribution in [3.8, 4) is 0 Å². The van der Waals surface area contributed by atoms with Gasteiger partial charge >= 0.3 is 0 Å². The Bertz CT molecular complexity index is 1350. The van der Waals surface area contributed by atoms with Crippen LogP contribution in [0.25, 0.3) is 11.0 Å². The summed E-state index contributed by atoms with van der Waals surface area (Å²) in [6.45, 7) is 4.39. The number of aromatic nitrogens is 4. The molecule has 0 aromatic carbocycles. The normalized spacial score (nSPS) is 22.2. The summed E-state index contributed by atoms with van der Waals surface area (Å²) in [5, 5.41) is 9.47. The summed E-state index contributed by atoms with van der Waals surface area (Å²) in [6, 6.07) is 6.02. The lowest BCUT2D eigenvalue weighted by Crippen LogP contribution is -2.38. The molecule has 3 aromatic rings. The third-order valence-electron chi connectivity index (χ3n) is 7.09. The summed E-state index contributed by atoms with van der Waals surface area (Å²) in [5.74, 6) is -0.308. The van der Waals surface area contributed by atoms with E-state index in [1.807, 2.05) is 11.5 Å². The zero-order valence-corrected chi connectivity index (χ0v) is 19.7. The highest BCUT2D eigenvalue weighted by molar-refractivity contribution is 6.05. The molecule has 11 nitrogen and oxygen atoms in total. The first-order valence-electron chi connectivity index (χ1n) is 12.1. The van der Waals surface area contributed by atoms with E-state index in [1.54, 1.807) is 36.0 Å². The number of nitrogens with one attached hydrogen (secondary N) is 3. The highest BCUT2D eigenvalue weighted by Crippen LogP contribution is 2.30. The van der Waals surface area contributed by atoms with Gasteiger partial charge in [-0.1, -0.05) is 0 Å². The van der Waals surface area contributed by atoms with Gasteiger partial charge in [0, 0.05) is 50.3 Å². The van der Waals surface area contributed by atoms with E-state index >= 15 is 0 Å². The first-order valence-corrected chi connectivity index (χ1v) is 12.1. The molecule has 2 aliphatic heterocycles. The Morgan fingerprint density at radius 3 is 2.77 bits per heavy atom. The van der Waals surface area contributed by atoms with Gasteiger partial charge in [0.1, 0.15) is 17.0 Å². The molecular formula is C24H28N8O3. The van der Waals surface area contributed by atoms with Crippen LogP contribution in [0.5, 0.6) is 0 Å². The molecule has 2 fully saturated rings. The fourth-order valence-corrected chi connectivity index (χ4v) is 5.11. The summed E-state index contributed by atoms with van der Waals surface area (Å²) in [5.41, 5.74) is 1.33. The van der Waals surface area contributed by atoms with Crippen molar-refractivity contribution in [2.24, 2.45) is 7.05 Å². The Kier molecular flexibility index (Phi) is 5.10. The van der Waals surface area contributed by atoms with Crippen LogP contribution in [0.1, 0.15) is 63.8 Å². The van der Waals surface area contributed by atoms with Gasteiger partial charge in [-0.2, -0.15) is 0 Å². The predicted octanol–water partition coefficient (Wildman–Crippen LogP) is 1.29. The van der Waals surface area contributed by atoms with Gasteiger partial charge in [-0.25, -0.2) is 9.97 Å². The summed E-state index contributed by atoms with van der Waals surface area (Å²) >= 11 is 0. The number of anilines is 1. The Balaban J connectivity index is 1.17. The first-order chi connectivity index (χ1) is 16.9. The van der Waals surface area contributed by atoms with E-state index in [4.69, 9.17) is 0 Å². The Morgan fingerprint density at radius 2 is 1.97 bits per heavy atom. The Morgan fingerprint density at radius 1 is 1.14 bits per heavy atom. The molecule has 0 spiro atoms. The summed E-state index contributed by atoms with van der Waals surface area (Å²) in [4.78, 5) is 49.3. The topological polar surface area (TPSA) is 126 Å². The minimum atomic E-state index is -0.434. The molecule has 182 valence electrons. The van der Waals surface area contributed by atoms with Gasteiger partial charge in [0.2, 0.25) is 5.82 Å². The lowest BCUT2D eigenvalue weighted by Gasteiger charge is -2.23. The molecule has 6 rings (SSSR count). The molecule has 1 saturated heterocycles. The highest BCUT2D eigenvalue weighted by atomic mass is 16.2. The van der Waals surface area contributed by atoms with Crippen LogP contribution in [0.2, 0.25) is 0 Å². The maximum atomic E-state index is 13.0. The number of hydrogen-bond donors (Lipinski definition) is 3. The van der Waals surface area contributed by atoms with Crippen molar-refractivity contribution in [3.63, 3.8) is 0 Å². The van der Waals surface area contributed by atoms with Crippen LogP contribution in [0.3, 0.4) is 0 Å². The largest absolute Gasteiger partial charge is 0.349 e. The molecule has 1 aliphatic carbocycles. The number of carbonyl (C=O) groups is 3. The van der Waals surface area contributed by atoms with E-state index in [2.05, 4.69) is 30.8 Å². The molecule has 1 unspecified atom stereocenters. The molecular weight excluding hydrogens is 448 g/mol. The van der Waals surface area contributed by atoms with Gasteiger partial charge in [-0.3, -0.25) is 19.3 Å². The molecule has 3 N–H and O–H groups in total. The van der Waals surface area contributed by atoms with Crippen molar-refractivity contribution >= 4 is 34.6 Å². The number of imidazole rings is 1. The van der Waals surface area contributed by atoms with Gasteiger partial charge < -0.3 is 25.1 Å². The van der Waals surface area contributed by atoms with Crippen LogP contribution >= 0.6 is 0 Å². The molecule has 3 aliphatic rings. The Hall–Kier alpha value is -3.73. The van der Waals surface area contributed by atoms with E-state index in [9.17, 15) is 14.4 Å². The second-order valence-corrected chi connectivity index (χ2v) is 9.77. The molecule has 0 radical (unpaired) electrons. The molecule has 3 amide bonds. The van der Waals surface area contributed by atoms with E-state index < -0.39 is 5.91 Å². The van der Waals surface area contributed by atoms with Crippen molar-refractivity contribution in [3.05, 3.63) is 41.6 Å². The molecule has 1 saturated carbocycles. The lowest BCUT2D eigenvalue weighted by molar-refractivity contribution is 0.0913. The lowest BCUT2D eigenvalue weighted by atomic mass is 10.2. The number of fused-ring (bicyclic) bond motifs is 3. The number of rotatable bonds is 5. The van der Waals surface area contributed by atoms with E-state index in [-0.39, 0.29) is 41.2 Å². The summed E-state index contributed by atoms with van der Waals surface area (Å²) in [6.07, 6.45) is 5.06. The zero-order valence-electron chi connectivity index (χ0n) is 19.7. The van der Waals surface area contributed by atoms with Crippen molar-refractivity contribution < 1.29 is 14.4 Å². The second kappa shape index (κ2) is 8.19. The van der Waals surface area contributed by atoms with E-state index in [0.29, 0.717) is 23.9 Å². The van der Waals surface area contributed by atoms with E-state index in [0.717, 1.165) is 24.9 Å². The fraction of sp³-hybridized carbons (Fsp3) is 0.458. The number of carbonyl (C=O) groups excluding carboxylic acids is 3. The number of hydrogen-bond acceptors (Lipinski definition) is 6. The van der Waals surface area contributed by atoms with Crippen LogP contribution in [0.4, 0.5) is 5.82 Å². The van der Waals surface area contributed by atoms with Crippen molar-refractivity contribution in [2.75, 3.05) is 25.0 Å². The molecule has 11 heteroatoms. The van der Waals surface area contributed by atoms with Crippen LogP contribution in [0, 0.1) is 0 Å². The standard InChI is InChI=1S/C24H28N8O3/c1-13-10-25-23(34)18-9-14-3-6-17(27-20(14)32(13)18)22(33)29-19-12-30(2)21(28-19)24(35)26-15-7-8-31(11-15)16-4-5-16/h3,6,9,12-13,15-16H,4-5,7-8,10-11H2,1-2H3,(H,25,34)(H,26,35)(H,29,33)/t13?,15-/m1/s1. The van der Waals surface area contributed by atoms with Crippen molar-refractivity contribution in [1.29, 1.82) is 0 Å². The average molecular weight is 477 g/mol. The smallest absolute Gasteiger partial charge is 0.287 e. The molecule has 35 heavy (non-hydrogen) atoms. The van der Waals surface area contributed by atoms with Crippen LogP contribution < -0.4 is 16.0 Å². The summed E-state index contributed by atoms with van der Waals surface area (Å²) < 4.78 is 3.47. The van der Waals surface area contributed by atoms with Gasteiger partial charge in [0.15, 0.2) is 5.82 Å². The SMILES string of the molecule is CC1CNC(=O)c2cc3ccc(C(=O)Nc4cn(C)c(C(=O)N[C@@H]5CCN(C6CC6)C5)n4)nc3n21. The molecule has 0 bridgehead atoms. The number of amides is 3. The Labute approximate surface area is 201 Å². The molecule has 2 atom stereocenters. The minimum absolute atomic E-state index is 0.0269. The zero-order chi connectivity index (χ0) is 24.3. The van der Waals surface area contributed by atoms with Gasteiger partial charge in [0.25, 0.3) is 17.7 Å². The molecule has 5 heterocycles. The van der Waals surface area contributed by atoms with Crippen LogP contribution in [-0.2, 0) is 7.05 Å². The number of aryl methyl sites for hydroxylation is 1. The maximum Gasteiger partial charge on any atom is 0.287 e. The number of likely N-dealkylation sites (tertiary alicyclic amines) is 1. The monoisotopic (exact) mass is 476 g/mol. The van der Waals surface area contributed by atoms with Gasteiger partial charge in [0.05, 0.1) is 6.04 Å². The predicted molar refractivity (Wildman–Crippen MR) is 128 cm³/mol. The second-order valence-electron chi connectivity index (χ2n) is 9.77. The van der Waals surface area contributed by atoms with Gasteiger partial charge in [-0.05, 0) is 44.4 Å². The molecule has 3 aromatic heterocycles. The third kappa shape index (κ3) is 3.95. The average Bonchev–Trinajstić information content (AvgIpc) is 3.27. The first kappa shape index (κ1) is 21.8. The highest BCUT2D eigenvalue weighted by Gasteiger charge is 2.35. The van der Waals surface area contributed by atoms with Crippen LogP contribution in [-0.4, -0.2) is 73.4 Å².